The maximum Gasteiger partial charge on any atom is 0.270 e. The highest BCUT2D eigenvalue weighted by Crippen LogP contribution is 2.50. The van der Waals surface area contributed by atoms with Crippen molar-refractivity contribution in [1.29, 1.82) is 0 Å². The monoisotopic (exact) mass is 393 g/mol. The van der Waals surface area contributed by atoms with Crippen LogP contribution in [0, 0.1) is 20.2 Å². The summed E-state index contributed by atoms with van der Waals surface area (Å²) in [4.78, 5) is 36.8. The summed E-state index contributed by atoms with van der Waals surface area (Å²) in [6.45, 7) is 0. The third-order valence-electron chi connectivity index (χ3n) is 4.23. The van der Waals surface area contributed by atoms with Crippen molar-refractivity contribution in [2.75, 3.05) is 4.90 Å². The molecule has 0 bridgehead atoms. The lowest BCUT2D eigenvalue weighted by molar-refractivity contribution is -0.385. The Bertz CT molecular complexity index is 1070. The largest absolute Gasteiger partial charge is 0.275 e. The van der Waals surface area contributed by atoms with E-state index in [0.29, 0.717) is 26.7 Å². The second-order valence-corrected chi connectivity index (χ2v) is 7.01. The van der Waals surface area contributed by atoms with E-state index < -0.39 is 9.85 Å². The van der Waals surface area contributed by atoms with Crippen LogP contribution in [0.3, 0.4) is 0 Å². The minimum absolute atomic E-state index is 0.118. The molecule has 0 N–H and O–H groups in total. The molecule has 1 aliphatic heterocycles. The van der Waals surface area contributed by atoms with Gasteiger partial charge < -0.3 is 0 Å². The minimum atomic E-state index is -0.521. The second kappa shape index (κ2) is 6.78. The summed E-state index contributed by atoms with van der Waals surface area (Å²) in [6.07, 6.45) is 0. The van der Waals surface area contributed by atoms with E-state index in [0.717, 1.165) is 11.8 Å². The van der Waals surface area contributed by atoms with E-state index in [1.54, 1.807) is 30.3 Å². The Balaban J connectivity index is 1.91. The van der Waals surface area contributed by atoms with Crippen molar-refractivity contribution in [3.05, 3.63) is 92.5 Å². The van der Waals surface area contributed by atoms with Crippen LogP contribution in [0.2, 0.25) is 0 Å². The van der Waals surface area contributed by atoms with Gasteiger partial charge in [-0.1, -0.05) is 30.0 Å². The number of hydrogen-bond donors (Lipinski definition) is 0. The topological polar surface area (TPSA) is 107 Å². The molecule has 3 aromatic carbocycles. The first kappa shape index (κ1) is 17.7. The molecule has 0 atom stereocenters. The van der Waals surface area contributed by atoms with E-state index in [2.05, 4.69) is 0 Å². The van der Waals surface area contributed by atoms with E-state index >= 15 is 0 Å². The summed E-state index contributed by atoms with van der Waals surface area (Å²) in [6, 6.07) is 17.0. The highest BCUT2D eigenvalue weighted by Gasteiger charge is 2.31. The van der Waals surface area contributed by atoms with Crippen LogP contribution in [0.5, 0.6) is 0 Å². The second-order valence-electron chi connectivity index (χ2n) is 5.93. The molecular weight excluding hydrogens is 382 g/mol. The zero-order valence-corrected chi connectivity index (χ0v) is 15.0. The number of amides is 1. The smallest absolute Gasteiger partial charge is 0.270 e. The van der Waals surface area contributed by atoms with E-state index in [-0.39, 0.29) is 17.3 Å². The van der Waals surface area contributed by atoms with Gasteiger partial charge in [0.15, 0.2) is 0 Å². The quantitative estimate of drug-likeness (QED) is 0.460. The molecule has 1 amide bonds. The molecule has 0 saturated carbocycles. The van der Waals surface area contributed by atoms with E-state index in [1.807, 2.05) is 0 Å². The number of carbonyl (C=O) groups is 1. The fourth-order valence-electron chi connectivity index (χ4n) is 2.94. The van der Waals surface area contributed by atoms with Gasteiger partial charge in [-0.2, -0.15) is 0 Å². The first-order chi connectivity index (χ1) is 13.5. The molecule has 138 valence electrons. The lowest BCUT2D eigenvalue weighted by atomic mass is 10.1. The molecule has 0 spiro atoms. The third kappa shape index (κ3) is 2.97. The number of carbonyl (C=O) groups excluding carboxylic acids is 1. The van der Waals surface area contributed by atoms with Gasteiger partial charge in [-0.05, 0) is 24.3 Å². The van der Waals surface area contributed by atoms with Gasteiger partial charge in [-0.15, -0.1) is 0 Å². The molecule has 9 heteroatoms. The molecule has 0 radical (unpaired) electrons. The molecule has 1 heterocycles. The first-order valence-corrected chi connectivity index (χ1v) is 8.91. The summed E-state index contributed by atoms with van der Waals surface area (Å²) < 4.78 is 0. The van der Waals surface area contributed by atoms with Gasteiger partial charge in [-0.25, -0.2) is 0 Å². The van der Waals surface area contributed by atoms with Gasteiger partial charge in [0.1, 0.15) is 0 Å². The fraction of sp³-hybridized carbons (Fsp3) is 0. The van der Waals surface area contributed by atoms with Gasteiger partial charge in [-0.3, -0.25) is 29.9 Å². The van der Waals surface area contributed by atoms with Crippen molar-refractivity contribution in [3.8, 4) is 0 Å². The van der Waals surface area contributed by atoms with Crippen LogP contribution in [0.25, 0.3) is 0 Å². The van der Waals surface area contributed by atoms with E-state index in [9.17, 15) is 25.0 Å². The highest BCUT2D eigenvalue weighted by atomic mass is 32.2. The van der Waals surface area contributed by atoms with Crippen molar-refractivity contribution in [2.24, 2.45) is 0 Å². The van der Waals surface area contributed by atoms with Crippen molar-refractivity contribution < 1.29 is 14.6 Å². The average molecular weight is 393 g/mol. The van der Waals surface area contributed by atoms with Crippen LogP contribution in [-0.2, 0) is 0 Å². The predicted octanol–water partition coefficient (Wildman–Crippen LogP) is 4.95. The zero-order chi connectivity index (χ0) is 19.8. The number of nitrogens with zero attached hydrogens (tertiary/aromatic N) is 3. The van der Waals surface area contributed by atoms with Crippen molar-refractivity contribution in [1.82, 2.24) is 0 Å². The molecule has 3 aromatic rings. The molecule has 28 heavy (non-hydrogen) atoms. The fourth-order valence-corrected chi connectivity index (χ4v) is 4.07. The SMILES string of the molecule is O=C(c1ccccc1)N1c2ccc([N+](=O)[O-])cc2Sc2cc([N+](=O)[O-])ccc21. The number of nitro groups is 2. The standard InChI is InChI=1S/C19H11N3O5S/c23-19(12-4-2-1-3-5-12)20-15-8-6-13(21(24)25)10-17(15)28-18-11-14(22(26)27)7-9-16(18)20/h1-11H. The van der Waals surface area contributed by atoms with Gasteiger partial charge in [0.05, 0.1) is 21.2 Å². The summed E-state index contributed by atoms with van der Waals surface area (Å²) >= 11 is 1.16. The number of non-ortho nitro benzene ring substituents is 2. The Labute approximate surface area is 162 Å². The average Bonchev–Trinajstić information content (AvgIpc) is 2.71. The lowest BCUT2D eigenvalue weighted by Gasteiger charge is -2.30. The first-order valence-electron chi connectivity index (χ1n) is 8.10. The third-order valence-corrected chi connectivity index (χ3v) is 5.33. The van der Waals surface area contributed by atoms with Crippen LogP contribution in [0.4, 0.5) is 22.7 Å². The zero-order valence-electron chi connectivity index (χ0n) is 14.1. The molecule has 0 aliphatic carbocycles. The molecule has 0 fully saturated rings. The number of anilines is 2. The Morgan fingerprint density at radius 2 is 1.29 bits per heavy atom. The van der Waals surface area contributed by atoms with Gasteiger partial charge in [0.2, 0.25) is 0 Å². The summed E-state index contributed by atoms with van der Waals surface area (Å²) in [5.74, 6) is -0.328. The normalized spacial score (nSPS) is 12.1. The van der Waals surface area contributed by atoms with Crippen molar-refractivity contribution in [3.63, 3.8) is 0 Å². The molecule has 0 saturated heterocycles. The number of nitro benzene ring substituents is 2. The number of hydrogen-bond acceptors (Lipinski definition) is 6. The van der Waals surface area contributed by atoms with Crippen LogP contribution >= 0.6 is 11.8 Å². The molecule has 8 nitrogen and oxygen atoms in total. The van der Waals surface area contributed by atoms with Gasteiger partial charge in [0.25, 0.3) is 17.3 Å². The molecule has 0 unspecified atom stereocenters. The Hall–Kier alpha value is -3.72. The molecule has 0 aromatic heterocycles. The maximum absolute atomic E-state index is 13.2. The molecular formula is C19H11N3O5S. The van der Waals surface area contributed by atoms with Gasteiger partial charge in [0, 0.05) is 39.6 Å². The van der Waals surface area contributed by atoms with Crippen molar-refractivity contribution in [2.45, 2.75) is 9.79 Å². The highest BCUT2D eigenvalue weighted by molar-refractivity contribution is 7.99. The molecule has 4 rings (SSSR count). The number of benzene rings is 3. The van der Waals surface area contributed by atoms with Crippen LogP contribution in [-0.4, -0.2) is 15.8 Å². The summed E-state index contributed by atoms with van der Waals surface area (Å²) in [5, 5.41) is 22.3. The molecule has 1 aliphatic rings. The summed E-state index contributed by atoms with van der Waals surface area (Å²) in [7, 11) is 0. The summed E-state index contributed by atoms with van der Waals surface area (Å²) in [5.41, 5.74) is 1.18. The Kier molecular flexibility index (Phi) is 4.28. The maximum atomic E-state index is 13.2. The number of rotatable bonds is 3. The van der Waals surface area contributed by atoms with E-state index in [4.69, 9.17) is 0 Å². The van der Waals surface area contributed by atoms with Crippen LogP contribution in [0.1, 0.15) is 10.4 Å². The predicted molar refractivity (Wildman–Crippen MR) is 103 cm³/mol. The number of fused-ring (bicyclic) bond motifs is 2. The van der Waals surface area contributed by atoms with Crippen LogP contribution < -0.4 is 4.90 Å². The van der Waals surface area contributed by atoms with Crippen molar-refractivity contribution >= 4 is 40.4 Å². The van der Waals surface area contributed by atoms with Crippen LogP contribution in [0.15, 0.2) is 76.5 Å². The minimum Gasteiger partial charge on any atom is -0.275 e. The van der Waals surface area contributed by atoms with E-state index in [1.165, 1.54) is 41.3 Å². The Morgan fingerprint density at radius 3 is 1.75 bits per heavy atom. The lowest BCUT2D eigenvalue weighted by Crippen LogP contribution is -2.28. The Morgan fingerprint density at radius 1 is 0.786 bits per heavy atom. The van der Waals surface area contributed by atoms with Gasteiger partial charge >= 0.3 is 0 Å².